The van der Waals surface area contributed by atoms with Crippen molar-refractivity contribution in [2.45, 2.75) is 53.4 Å². The molecule has 0 unspecified atom stereocenters. The molecule has 116 valence electrons. The van der Waals surface area contributed by atoms with Crippen LogP contribution in [0, 0.1) is 10.8 Å². The number of primary amides is 1. The largest absolute Gasteiger partial charge is 0.392 e. The predicted octanol–water partition coefficient (Wildman–Crippen LogP) is 1.49. The van der Waals surface area contributed by atoms with Gasteiger partial charge in [0, 0.05) is 6.54 Å². The maximum atomic E-state index is 12.5. The molecule has 0 aromatic heterocycles. The molecule has 2 amide bonds. The molecule has 0 spiro atoms. The van der Waals surface area contributed by atoms with Crippen molar-refractivity contribution in [1.82, 2.24) is 5.32 Å². The van der Waals surface area contributed by atoms with Gasteiger partial charge in [0.15, 0.2) is 0 Å². The lowest BCUT2D eigenvalue weighted by Crippen LogP contribution is -2.52. The van der Waals surface area contributed by atoms with Crippen molar-refractivity contribution in [2.75, 3.05) is 6.54 Å². The Kier molecular flexibility index (Phi) is 7.13. The van der Waals surface area contributed by atoms with E-state index in [0.717, 1.165) is 12.8 Å². The molecule has 0 saturated heterocycles. The molecule has 0 aliphatic heterocycles. The Morgan fingerprint density at radius 3 is 1.85 bits per heavy atom. The summed E-state index contributed by atoms with van der Waals surface area (Å²) in [6, 6.07) is 0. The average Bonchev–Trinajstić information content (AvgIpc) is 2.35. The SMILES string of the molecule is CCCC(CCC)(C(=O)NCC(C)(C)C(N)=O)C(N)=S. The first-order valence-corrected chi connectivity index (χ1v) is 7.43. The van der Waals surface area contributed by atoms with Crippen LogP contribution in [0.15, 0.2) is 0 Å². The quantitative estimate of drug-likeness (QED) is 0.562. The summed E-state index contributed by atoms with van der Waals surface area (Å²) in [5.74, 6) is -0.660. The second-order valence-electron chi connectivity index (χ2n) is 5.88. The maximum absolute atomic E-state index is 12.5. The standard InChI is InChI=1S/C14H27N3O2S/c1-5-7-14(8-6-2,11(16)20)12(19)17-9-13(3,4)10(15)18/h5-9H2,1-4H3,(H2,15,18)(H2,16,20)(H,17,19). The van der Waals surface area contributed by atoms with Crippen molar-refractivity contribution in [3.05, 3.63) is 0 Å². The minimum absolute atomic E-state index is 0.180. The molecule has 0 fully saturated rings. The fraction of sp³-hybridized carbons (Fsp3) is 0.786. The summed E-state index contributed by atoms with van der Waals surface area (Å²) >= 11 is 5.12. The Morgan fingerprint density at radius 2 is 1.55 bits per heavy atom. The van der Waals surface area contributed by atoms with E-state index in [1.54, 1.807) is 13.8 Å². The number of carbonyl (C=O) groups excluding carboxylic acids is 2. The smallest absolute Gasteiger partial charge is 0.233 e. The van der Waals surface area contributed by atoms with Crippen molar-refractivity contribution >= 4 is 29.0 Å². The highest BCUT2D eigenvalue weighted by Crippen LogP contribution is 2.31. The van der Waals surface area contributed by atoms with Gasteiger partial charge in [-0.25, -0.2) is 0 Å². The molecule has 6 heteroatoms. The van der Waals surface area contributed by atoms with Crippen molar-refractivity contribution < 1.29 is 9.59 Å². The summed E-state index contributed by atoms with van der Waals surface area (Å²) in [6.45, 7) is 7.54. The molecule has 0 aliphatic carbocycles. The molecule has 0 radical (unpaired) electrons. The van der Waals surface area contributed by atoms with E-state index in [1.165, 1.54) is 0 Å². The van der Waals surface area contributed by atoms with Gasteiger partial charge in [-0.15, -0.1) is 0 Å². The van der Waals surface area contributed by atoms with E-state index in [9.17, 15) is 9.59 Å². The summed E-state index contributed by atoms with van der Waals surface area (Å²) < 4.78 is 0. The van der Waals surface area contributed by atoms with Crippen LogP contribution in [0.5, 0.6) is 0 Å². The van der Waals surface area contributed by atoms with Crippen LogP contribution in [-0.4, -0.2) is 23.3 Å². The molecule has 5 nitrogen and oxygen atoms in total. The van der Waals surface area contributed by atoms with E-state index in [1.807, 2.05) is 13.8 Å². The van der Waals surface area contributed by atoms with Crippen LogP contribution in [0.4, 0.5) is 0 Å². The van der Waals surface area contributed by atoms with E-state index in [4.69, 9.17) is 23.7 Å². The van der Waals surface area contributed by atoms with Crippen molar-refractivity contribution in [3.8, 4) is 0 Å². The van der Waals surface area contributed by atoms with Gasteiger partial charge in [-0.05, 0) is 26.7 Å². The number of hydrogen-bond donors (Lipinski definition) is 3. The highest BCUT2D eigenvalue weighted by atomic mass is 32.1. The molecule has 0 aliphatic rings. The fourth-order valence-electron chi connectivity index (χ4n) is 2.12. The van der Waals surface area contributed by atoms with Gasteiger partial charge in [-0.1, -0.05) is 38.9 Å². The third kappa shape index (κ3) is 4.44. The van der Waals surface area contributed by atoms with Gasteiger partial charge in [0.25, 0.3) is 0 Å². The average molecular weight is 301 g/mol. The third-order valence-electron chi connectivity index (χ3n) is 3.62. The molecule has 0 rings (SSSR count). The van der Waals surface area contributed by atoms with Gasteiger partial charge < -0.3 is 16.8 Å². The molecule has 0 bridgehead atoms. The molecule has 0 aromatic carbocycles. The second-order valence-corrected chi connectivity index (χ2v) is 6.32. The molecule has 0 atom stereocenters. The van der Waals surface area contributed by atoms with E-state index in [0.29, 0.717) is 12.8 Å². The number of carbonyl (C=O) groups is 2. The van der Waals surface area contributed by atoms with Gasteiger partial charge >= 0.3 is 0 Å². The summed E-state index contributed by atoms with van der Waals surface area (Å²) in [4.78, 5) is 24.0. The molecule has 0 heterocycles. The first-order valence-electron chi connectivity index (χ1n) is 7.02. The molecular formula is C14H27N3O2S. The molecule has 20 heavy (non-hydrogen) atoms. The monoisotopic (exact) mass is 301 g/mol. The first-order chi connectivity index (χ1) is 9.14. The van der Waals surface area contributed by atoms with Crippen LogP contribution in [0.25, 0.3) is 0 Å². The first kappa shape index (κ1) is 18.8. The summed E-state index contributed by atoms with van der Waals surface area (Å²) in [5.41, 5.74) is 9.50. The zero-order valence-corrected chi connectivity index (χ0v) is 13.7. The highest BCUT2D eigenvalue weighted by Gasteiger charge is 2.40. The summed E-state index contributed by atoms with van der Waals surface area (Å²) in [7, 11) is 0. The number of rotatable bonds is 9. The third-order valence-corrected chi connectivity index (χ3v) is 4.01. The summed E-state index contributed by atoms with van der Waals surface area (Å²) in [6.07, 6.45) is 2.84. The van der Waals surface area contributed by atoms with Crippen molar-refractivity contribution in [2.24, 2.45) is 22.3 Å². The second kappa shape index (κ2) is 7.57. The van der Waals surface area contributed by atoms with Crippen LogP contribution in [0.1, 0.15) is 53.4 Å². The van der Waals surface area contributed by atoms with Crippen LogP contribution in [0.2, 0.25) is 0 Å². The van der Waals surface area contributed by atoms with Crippen LogP contribution >= 0.6 is 12.2 Å². The Hall–Kier alpha value is -1.17. The Balaban J connectivity index is 5.06. The molecular weight excluding hydrogens is 274 g/mol. The minimum Gasteiger partial charge on any atom is -0.392 e. The Labute approximate surface area is 126 Å². The predicted molar refractivity (Wildman–Crippen MR) is 85.0 cm³/mol. The lowest BCUT2D eigenvalue weighted by molar-refractivity contribution is -0.130. The fourth-order valence-corrected chi connectivity index (χ4v) is 2.42. The van der Waals surface area contributed by atoms with Crippen molar-refractivity contribution in [1.29, 1.82) is 0 Å². The number of amides is 2. The zero-order valence-electron chi connectivity index (χ0n) is 12.9. The van der Waals surface area contributed by atoms with E-state index in [-0.39, 0.29) is 17.4 Å². The Morgan fingerprint density at radius 1 is 1.10 bits per heavy atom. The van der Waals surface area contributed by atoms with Crippen LogP contribution < -0.4 is 16.8 Å². The van der Waals surface area contributed by atoms with Gasteiger partial charge in [0.05, 0.1) is 15.8 Å². The lowest BCUT2D eigenvalue weighted by Gasteiger charge is -2.32. The highest BCUT2D eigenvalue weighted by molar-refractivity contribution is 7.80. The minimum atomic E-state index is -0.827. The number of thiocarbonyl (C=S) groups is 1. The molecule has 0 aromatic rings. The zero-order chi connectivity index (χ0) is 16.0. The van der Waals surface area contributed by atoms with E-state index in [2.05, 4.69) is 5.32 Å². The maximum Gasteiger partial charge on any atom is 0.233 e. The Bertz CT molecular complexity index is 375. The van der Waals surface area contributed by atoms with Gasteiger partial charge in [-0.3, -0.25) is 9.59 Å². The van der Waals surface area contributed by atoms with Gasteiger partial charge in [-0.2, -0.15) is 0 Å². The molecule has 5 N–H and O–H groups in total. The topological polar surface area (TPSA) is 98.2 Å². The number of hydrogen-bond acceptors (Lipinski definition) is 3. The van der Waals surface area contributed by atoms with Crippen LogP contribution in [0.3, 0.4) is 0 Å². The van der Waals surface area contributed by atoms with Gasteiger partial charge in [0.2, 0.25) is 11.8 Å². The normalized spacial score (nSPS) is 12.0. The number of nitrogens with two attached hydrogens (primary N) is 2. The van der Waals surface area contributed by atoms with E-state index >= 15 is 0 Å². The molecule has 0 saturated carbocycles. The van der Waals surface area contributed by atoms with Gasteiger partial charge in [0.1, 0.15) is 0 Å². The van der Waals surface area contributed by atoms with Crippen LogP contribution in [-0.2, 0) is 9.59 Å². The lowest BCUT2D eigenvalue weighted by atomic mass is 9.78. The number of nitrogens with one attached hydrogen (secondary N) is 1. The summed E-state index contributed by atoms with van der Waals surface area (Å²) in [5, 5.41) is 2.79. The van der Waals surface area contributed by atoms with E-state index < -0.39 is 16.7 Å². The van der Waals surface area contributed by atoms with Crippen molar-refractivity contribution in [3.63, 3.8) is 0 Å².